The van der Waals surface area contributed by atoms with Gasteiger partial charge in [0.2, 0.25) is 5.89 Å². The summed E-state index contributed by atoms with van der Waals surface area (Å²) < 4.78 is 18.8. The molecule has 5 heteroatoms. The van der Waals surface area contributed by atoms with E-state index in [1.165, 1.54) is 12.1 Å². The minimum absolute atomic E-state index is 0.248. The highest BCUT2D eigenvalue weighted by Crippen LogP contribution is 2.22. The van der Waals surface area contributed by atoms with Gasteiger partial charge in [0.15, 0.2) is 5.76 Å². The Labute approximate surface area is 124 Å². The Balaban J connectivity index is 1.74. The molecule has 1 aliphatic rings. The highest BCUT2D eigenvalue weighted by molar-refractivity contribution is 5.55. The van der Waals surface area contributed by atoms with Crippen LogP contribution in [0.3, 0.4) is 0 Å². The Hall–Kier alpha value is -1.72. The van der Waals surface area contributed by atoms with Crippen molar-refractivity contribution < 1.29 is 8.81 Å². The predicted molar refractivity (Wildman–Crippen MR) is 79.2 cm³/mol. The maximum absolute atomic E-state index is 12.9. The Bertz CT molecular complexity index is 586. The van der Waals surface area contributed by atoms with Crippen molar-refractivity contribution in [3.8, 4) is 11.3 Å². The monoisotopic (exact) mass is 289 g/mol. The normalized spacial score (nSPS) is 23.4. The number of halogens is 1. The van der Waals surface area contributed by atoms with Crippen molar-refractivity contribution in [2.75, 3.05) is 13.1 Å². The fourth-order valence-corrected chi connectivity index (χ4v) is 2.77. The molecule has 1 aromatic heterocycles. The summed E-state index contributed by atoms with van der Waals surface area (Å²) in [5, 5.41) is 3.41. The molecule has 21 heavy (non-hydrogen) atoms. The number of piperazine rings is 1. The summed E-state index contributed by atoms with van der Waals surface area (Å²) in [6, 6.07) is 7.17. The van der Waals surface area contributed by atoms with E-state index in [1.54, 1.807) is 18.3 Å². The van der Waals surface area contributed by atoms with Crippen LogP contribution >= 0.6 is 0 Å². The standard InChI is InChI=1S/C16H20FN3O/c1-11-7-18-8-12(2)20(11)10-16-19-9-15(21-16)13-3-5-14(17)6-4-13/h3-6,9,11-12,18H,7-8,10H2,1-2H3. The first-order valence-corrected chi connectivity index (χ1v) is 7.30. The van der Waals surface area contributed by atoms with Gasteiger partial charge in [-0.05, 0) is 38.1 Å². The second-order valence-corrected chi connectivity index (χ2v) is 5.65. The van der Waals surface area contributed by atoms with Gasteiger partial charge in [-0.25, -0.2) is 9.37 Å². The van der Waals surface area contributed by atoms with Crippen LogP contribution in [-0.4, -0.2) is 35.1 Å². The lowest BCUT2D eigenvalue weighted by Gasteiger charge is -2.38. The number of oxazole rings is 1. The lowest BCUT2D eigenvalue weighted by Crippen LogP contribution is -2.54. The van der Waals surface area contributed by atoms with Gasteiger partial charge in [-0.15, -0.1) is 0 Å². The van der Waals surface area contributed by atoms with Crippen molar-refractivity contribution in [1.29, 1.82) is 0 Å². The highest BCUT2D eigenvalue weighted by Gasteiger charge is 2.25. The predicted octanol–water partition coefficient (Wildman–Crippen LogP) is 2.66. The number of hydrogen-bond donors (Lipinski definition) is 1. The van der Waals surface area contributed by atoms with Gasteiger partial charge in [0.25, 0.3) is 0 Å². The van der Waals surface area contributed by atoms with E-state index in [0.717, 1.165) is 18.7 Å². The number of aromatic nitrogens is 1. The molecule has 112 valence electrons. The van der Waals surface area contributed by atoms with Crippen LogP contribution in [0, 0.1) is 5.82 Å². The molecule has 1 saturated heterocycles. The summed E-state index contributed by atoms with van der Waals surface area (Å²) in [5.41, 5.74) is 0.844. The molecule has 0 saturated carbocycles. The van der Waals surface area contributed by atoms with E-state index < -0.39 is 0 Å². The minimum Gasteiger partial charge on any atom is -0.439 e. The van der Waals surface area contributed by atoms with Crippen LogP contribution < -0.4 is 5.32 Å². The number of nitrogens with one attached hydrogen (secondary N) is 1. The molecule has 4 nitrogen and oxygen atoms in total. The van der Waals surface area contributed by atoms with Crippen molar-refractivity contribution in [2.45, 2.75) is 32.5 Å². The van der Waals surface area contributed by atoms with Gasteiger partial charge >= 0.3 is 0 Å². The summed E-state index contributed by atoms with van der Waals surface area (Å²) >= 11 is 0. The molecule has 3 rings (SSSR count). The molecule has 1 aliphatic heterocycles. The molecule has 0 aliphatic carbocycles. The first-order valence-electron chi connectivity index (χ1n) is 7.30. The fraction of sp³-hybridized carbons (Fsp3) is 0.438. The first kappa shape index (κ1) is 14.2. The van der Waals surface area contributed by atoms with Crippen LogP contribution in [-0.2, 0) is 6.54 Å². The third-order valence-electron chi connectivity index (χ3n) is 4.01. The van der Waals surface area contributed by atoms with Gasteiger partial charge in [0.1, 0.15) is 5.82 Å². The van der Waals surface area contributed by atoms with Gasteiger partial charge in [-0.1, -0.05) is 0 Å². The maximum atomic E-state index is 12.9. The van der Waals surface area contributed by atoms with Crippen molar-refractivity contribution in [1.82, 2.24) is 15.2 Å². The SMILES string of the molecule is CC1CNCC(C)N1Cc1ncc(-c2ccc(F)cc2)o1. The summed E-state index contributed by atoms with van der Waals surface area (Å²) in [6.07, 6.45) is 1.71. The zero-order valence-corrected chi connectivity index (χ0v) is 12.3. The quantitative estimate of drug-likeness (QED) is 0.943. The van der Waals surface area contributed by atoms with E-state index in [0.29, 0.717) is 30.3 Å². The van der Waals surface area contributed by atoms with Crippen molar-refractivity contribution in [3.63, 3.8) is 0 Å². The van der Waals surface area contributed by atoms with Crippen LogP contribution in [0.1, 0.15) is 19.7 Å². The van der Waals surface area contributed by atoms with E-state index in [4.69, 9.17) is 4.42 Å². The van der Waals surface area contributed by atoms with Crippen molar-refractivity contribution in [3.05, 3.63) is 42.2 Å². The topological polar surface area (TPSA) is 41.3 Å². The van der Waals surface area contributed by atoms with E-state index in [1.807, 2.05) is 0 Å². The van der Waals surface area contributed by atoms with E-state index in [9.17, 15) is 4.39 Å². The molecule has 2 aromatic rings. The van der Waals surface area contributed by atoms with Crippen LogP contribution in [0.2, 0.25) is 0 Å². The molecule has 1 aromatic carbocycles. The molecule has 0 amide bonds. The lowest BCUT2D eigenvalue weighted by atomic mass is 10.1. The Morgan fingerprint density at radius 2 is 1.90 bits per heavy atom. The zero-order chi connectivity index (χ0) is 14.8. The van der Waals surface area contributed by atoms with E-state index in [2.05, 4.69) is 29.0 Å². The van der Waals surface area contributed by atoms with Crippen LogP contribution in [0.25, 0.3) is 11.3 Å². The fourth-order valence-electron chi connectivity index (χ4n) is 2.77. The highest BCUT2D eigenvalue weighted by atomic mass is 19.1. The Morgan fingerprint density at radius 1 is 1.24 bits per heavy atom. The molecule has 1 fully saturated rings. The molecule has 2 heterocycles. The average molecular weight is 289 g/mol. The van der Waals surface area contributed by atoms with Gasteiger partial charge in [0.05, 0.1) is 12.7 Å². The molecular weight excluding hydrogens is 269 g/mol. The second-order valence-electron chi connectivity index (χ2n) is 5.65. The third kappa shape index (κ3) is 3.14. The van der Waals surface area contributed by atoms with E-state index >= 15 is 0 Å². The molecule has 2 atom stereocenters. The van der Waals surface area contributed by atoms with Crippen LogP contribution in [0.4, 0.5) is 4.39 Å². The number of hydrogen-bond acceptors (Lipinski definition) is 4. The van der Waals surface area contributed by atoms with Crippen molar-refractivity contribution >= 4 is 0 Å². The molecule has 0 radical (unpaired) electrons. The zero-order valence-electron chi connectivity index (χ0n) is 12.3. The molecule has 0 spiro atoms. The maximum Gasteiger partial charge on any atom is 0.209 e. The molecule has 2 unspecified atom stereocenters. The summed E-state index contributed by atoms with van der Waals surface area (Å²) in [5.74, 6) is 1.14. The number of nitrogens with zero attached hydrogens (tertiary/aromatic N) is 2. The largest absolute Gasteiger partial charge is 0.439 e. The van der Waals surface area contributed by atoms with Gasteiger partial charge in [-0.2, -0.15) is 0 Å². The molecular formula is C16H20FN3O. The molecule has 1 N–H and O–H groups in total. The summed E-state index contributed by atoms with van der Waals surface area (Å²) in [4.78, 5) is 6.74. The summed E-state index contributed by atoms with van der Waals surface area (Å²) in [7, 11) is 0. The first-order chi connectivity index (χ1) is 10.1. The Morgan fingerprint density at radius 3 is 2.57 bits per heavy atom. The van der Waals surface area contributed by atoms with Gasteiger partial charge < -0.3 is 9.73 Å². The summed E-state index contributed by atoms with van der Waals surface area (Å²) in [6.45, 7) is 7.07. The third-order valence-corrected chi connectivity index (χ3v) is 4.01. The number of benzene rings is 1. The van der Waals surface area contributed by atoms with Crippen molar-refractivity contribution in [2.24, 2.45) is 0 Å². The molecule has 0 bridgehead atoms. The number of rotatable bonds is 3. The Kier molecular flexibility index (Phi) is 4.03. The average Bonchev–Trinajstić information content (AvgIpc) is 2.92. The van der Waals surface area contributed by atoms with Gasteiger partial charge in [-0.3, -0.25) is 4.90 Å². The smallest absolute Gasteiger partial charge is 0.209 e. The second kappa shape index (κ2) is 5.95. The lowest BCUT2D eigenvalue weighted by molar-refractivity contribution is 0.0980. The van der Waals surface area contributed by atoms with Crippen LogP contribution in [0.15, 0.2) is 34.9 Å². The minimum atomic E-state index is -0.248. The van der Waals surface area contributed by atoms with Gasteiger partial charge in [0, 0.05) is 30.7 Å². The van der Waals surface area contributed by atoms with E-state index in [-0.39, 0.29) is 5.82 Å². The van der Waals surface area contributed by atoms with Crippen LogP contribution in [0.5, 0.6) is 0 Å².